The monoisotopic (exact) mass is 394 g/mol. The summed E-state index contributed by atoms with van der Waals surface area (Å²) in [5.74, 6) is -3.23. The van der Waals surface area contributed by atoms with Crippen LogP contribution in [0.3, 0.4) is 0 Å². The summed E-state index contributed by atoms with van der Waals surface area (Å²) in [6, 6.07) is 14.3. The van der Waals surface area contributed by atoms with Gasteiger partial charge in [0.15, 0.2) is 5.57 Å². The van der Waals surface area contributed by atoms with Gasteiger partial charge in [-0.25, -0.2) is 9.59 Å². The number of cyclic esters (lactones) is 2. The Kier molecular flexibility index (Phi) is 5.68. The molecule has 7 heteroatoms. The summed E-state index contributed by atoms with van der Waals surface area (Å²) in [6.07, 6.45) is 2.10. The molecule has 150 valence electrons. The summed E-state index contributed by atoms with van der Waals surface area (Å²) in [6.45, 7) is 5.00. The molecule has 1 fully saturated rings. The Morgan fingerprint density at radius 2 is 1.62 bits per heavy atom. The van der Waals surface area contributed by atoms with Crippen LogP contribution in [0.2, 0.25) is 0 Å². The van der Waals surface area contributed by atoms with Gasteiger partial charge in [0.05, 0.1) is 11.3 Å². The lowest BCUT2D eigenvalue weighted by Gasteiger charge is -2.29. The van der Waals surface area contributed by atoms with Crippen LogP contribution in [0.15, 0.2) is 60.3 Å². The number of para-hydroxylation sites is 1. The van der Waals surface area contributed by atoms with Crippen molar-refractivity contribution in [1.29, 1.82) is 0 Å². The van der Waals surface area contributed by atoms with E-state index in [2.05, 4.69) is 17.6 Å². The summed E-state index contributed by atoms with van der Waals surface area (Å²) in [7, 11) is 0. The van der Waals surface area contributed by atoms with E-state index in [1.807, 2.05) is 24.3 Å². The minimum atomic E-state index is -1.31. The zero-order chi connectivity index (χ0) is 21.0. The first-order valence-corrected chi connectivity index (χ1v) is 9.22. The van der Waals surface area contributed by atoms with E-state index in [4.69, 9.17) is 9.47 Å². The van der Waals surface area contributed by atoms with Gasteiger partial charge in [-0.05, 0) is 36.2 Å². The summed E-state index contributed by atoms with van der Waals surface area (Å²) >= 11 is 0. The van der Waals surface area contributed by atoms with Gasteiger partial charge in [-0.1, -0.05) is 31.2 Å². The lowest BCUT2D eigenvalue weighted by molar-refractivity contribution is -0.222. The van der Waals surface area contributed by atoms with Crippen LogP contribution in [-0.2, 0) is 25.5 Å². The van der Waals surface area contributed by atoms with Crippen molar-refractivity contribution in [2.24, 2.45) is 0 Å². The predicted molar refractivity (Wildman–Crippen MR) is 108 cm³/mol. The van der Waals surface area contributed by atoms with Crippen LogP contribution >= 0.6 is 0 Å². The second-order valence-electron chi connectivity index (χ2n) is 6.93. The first-order valence-electron chi connectivity index (χ1n) is 9.22. The maximum absolute atomic E-state index is 12.7. The van der Waals surface area contributed by atoms with Gasteiger partial charge in [-0.2, -0.15) is 0 Å². The van der Waals surface area contributed by atoms with E-state index in [0.717, 1.165) is 6.42 Å². The molecular weight excluding hydrogens is 372 g/mol. The smallest absolute Gasteiger partial charge is 0.350 e. The molecule has 0 saturated carbocycles. The largest absolute Gasteiger partial charge is 0.419 e. The van der Waals surface area contributed by atoms with E-state index < -0.39 is 17.7 Å². The standard InChI is InChI=1S/C22H22N2O5/c1-4-14-9-11-15(12-10-14)24-19(25)16-7-5-6-8-18(16)23-13-17-20(26)28-22(2,3)29-21(17)27/h5-13,23H,4H2,1-3H3,(H,24,25). The number of benzene rings is 2. The van der Waals surface area contributed by atoms with Gasteiger partial charge in [0, 0.05) is 25.7 Å². The summed E-state index contributed by atoms with van der Waals surface area (Å²) < 4.78 is 10.1. The highest BCUT2D eigenvalue weighted by molar-refractivity contribution is 6.15. The SMILES string of the molecule is CCc1ccc(NC(=O)c2ccccc2NC=C2C(=O)OC(C)(C)OC2=O)cc1. The van der Waals surface area contributed by atoms with E-state index in [1.165, 1.54) is 25.6 Å². The Morgan fingerprint density at radius 3 is 2.24 bits per heavy atom. The van der Waals surface area contributed by atoms with Crippen molar-refractivity contribution in [2.75, 3.05) is 10.6 Å². The fourth-order valence-electron chi connectivity index (χ4n) is 2.76. The van der Waals surface area contributed by atoms with Crippen LogP contribution in [-0.4, -0.2) is 23.6 Å². The quantitative estimate of drug-likeness (QED) is 0.457. The number of anilines is 2. The van der Waals surface area contributed by atoms with Crippen molar-refractivity contribution in [3.63, 3.8) is 0 Å². The van der Waals surface area contributed by atoms with Crippen molar-refractivity contribution in [3.8, 4) is 0 Å². The summed E-state index contributed by atoms with van der Waals surface area (Å²) in [4.78, 5) is 36.8. The number of hydrogen-bond acceptors (Lipinski definition) is 6. The maximum atomic E-state index is 12.7. The van der Waals surface area contributed by atoms with Gasteiger partial charge in [-0.15, -0.1) is 0 Å². The van der Waals surface area contributed by atoms with Gasteiger partial charge in [0.1, 0.15) is 0 Å². The fraction of sp³-hybridized carbons (Fsp3) is 0.227. The third-order valence-electron chi connectivity index (χ3n) is 4.28. The third kappa shape index (κ3) is 4.82. The molecule has 0 atom stereocenters. The van der Waals surface area contributed by atoms with Gasteiger partial charge < -0.3 is 20.1 Å². The van der Waals surface area contributed by atoms with E-state index in [0.29, 0.717) is 16.9 Å². The molecule has 1 aliphatic rings. The minimum absolute atomic E-state index is 0.283. The third-order valence-corrected chi connectivity index (χ3v) is 4.28. The fourth-order valence-corrected chi connectivity index (χ4v) is 2.76. The zero-order valence-electron chi connectivity index (χ0n) is 16.4. The zero-order valence-corrected chi connectivity index (χ0v) is 16.4. The van der Waals surface area contributed by atoms with Crippen molar-refractivity contribution >= 4 is 29.2 Å². The predicted octanol–water partition coefficient (Wildman–Crippen LogP) is 3.63. The van der Waals surface area contributed by atoms with Crippen LogP contribution in [0, 0.1) is 0 Å². The molecule has 3 rings (SSSR count). The molecule has 0 radical (unpaired) electrons. The highest BCUT2D eigenvalue weighted by Crippen LogP contribution is 2.24. The number of aryl methyl sites for hydroxylation is 1. The number of ether oxygens (including phenoxy) is 2. The molecule has 2 aromatic rings. The van der Waals surface area contributed by atoms with Gasteiger partial charge in [0.2, 0.25) is 0 Å². The molecule has 0 aromatic heterocycles. The number of carbonyl (C=O) groups excluding carboxylic acids is 3. The first-order chi connectivity index (χ1) is 13.8. The van der Waals surface area contributed by atoms with Crippen molar-refractivity contribution in [1.82, 2.24) is 0 Å². The van der Waals surface area contributed by atoms with Gasteiger partial charge in [0.25, 0.3) is 11.7 Å². The minimum Gasteiger partial charge on any atom is -0.419 e. The highest BCUT2D eigenvalue weighted by atomic mass is 16.7. The number of nitrogens with one attached hydrogen (secondary N) is 2. The normalized spacial score (nSPS) is 15.2. The Labute approximate surface area is 168 Å². The molecule has 7 nitrogen and oxygen atoms in total. The van der Waals surface area contributed by atoms with Crippen LogP contribution < -0.4 is 10.6 Å². The number of hydrogen-bond donors (Lipinski definition) is 2. The maximum Gasteiger partial charge on any atom is 0.350 e. The van der Waals surface area contributed by atoms with Crippen molar-refractivity contribution in [2.45, 2.75) is 33.0 Å². The van der Waals surface area contributed by atoms with Gasteiger partial charge >= 0.3 is 11.9 Å². The molecule has 29 heavy (non-hydrogen) atoms. The van der Waals surface area contributed by atoms with E-state index >= 15 is 0 Å². The molecule has 1 heterocycles. The molecule has 0 aliphatic carbocycles. The number of carbonyl (C=O) groups is 3. The molecule has 0 unspecified atom stereocenters. The van der Waals surface area contributed by atoms with E-state index in [1.54, 1.807) is 24.3 Å². The Bertz CT molecular complexity index is 955. The van der Waals surface area contributed by atoms with Crippen LogP contribution in [0.25, 0.3) is 0 Å². The Hall–Kier alpha value is -3.61. The molecule has 2 aromatic carbocycles. The van der Waals surface area contributed by atoms with Gasteiger partial charge in [-0.3, -0.25) is 4.79 Å². The lowest BCUT2D eigenvalue weighted by Crippen LogP contribution is -2.42. The molecule has 2 N–H and O–H groups in total. The average molecular weight is 394 g/mol. The molecular formula is C22H22N2O5. The first kappa shape index (κ1) is 20.1. The Morgan fingerprint density at radius 1 is 1.00 bits per heavy atom. The van der Waals surface area contributed by atoms with Crippen molar-refractivity contribution in [3.05, 3.63) is 71.4 Å². The topological polar surface area (TPSA) is 93.7 Å². The van der Waals surface area contributed by atoms with E-state index in [-0.39, 0.29) is 11.5 Å². The second kappa shape index (κ2) is 8.18. The van der Waals surface area contributed by atoms with Crippen LogP contribution in [0.4, 0.5) is 11.4 Å². The van der Waals surface area contributed by atoms with Crippen LogP contribution in [0.5, 0.6) is 0 Å². The highest BCUT2D eigenvalue weighted by Gasteiger charge is 2.39. The number of rotatable bonds is 5. The number of amides is 1. The number of esters is 2. The average Bonchev–Trinajstić information content (AvgIpc) is 2.67. The summed E-state index contributed by atoms with van der Waals surface area (Å²) in [5.41, 5.74) is 2.33. The molecule has 1 amide bonds. The molecule has 1 aliphatic heterocycles. The van der Waals surface area contributed by atoms with Crippen LogP contribution in [0.1, 0.15) is 36.7 Å². The second-order valence-corrected chi connectivity index (χ2v) is 6.93. The molecule has 0 bridgehead atoms. The molecule has 1 saturated heterocycles. The van der Waals surface area contributed by atoms with Crippen molar-refractivity contribution < 1.29 is 23.9 Å². The Balaban J connectivity index is 1.77. The summed E-state index contributed by atoms with van der Waals surface area (Å²) in [5, 5.41) is 5.66. The molecule has 0 spiro atoms. The van der Waals surface area contributed by atoms with E-state index in [9.17, 15) is 14.4 Å². The lowest BCUT2D eigenvalue weighted by atomic mass is 10.1.